The maximum Gasteiger partial charge on any atom is 0.413 e. The lowest BCUT2D eigenvalue weighted by atomic mass is 9.98. The van der Waals surface area contributed by atoms with Crippen LogP contribution in [0.1, 0.15) is 66.9 Å². The Kier molecular flexibility index (Phi) is 10.4. The van der Waals surface area contributed by atoms with Gasteiger partial charge in [0.05, 0.1) is 19.1 Å². The second-order valence-corrected chi connectivity index (χ2v) is 13.2. The molecule has 1 fully saturated rings. The van der Waals surface area contributed by atoms with Gasteiger partial charge in [0.25, 0.3) is 5.91 Å². The molecule has 0 radical (unpaired) electrons. The summed E-state index contributed by atoms with van der Waals surface area (Å²) in [5.41, 5.74) is -3.73. The van der Waals surface area contributed by atoms with Crippen LogP contribution in [0.25, 0.3) is 0 Å². The van der Waals surface area contributed by atoms with Gasteiger partial charge in [-0.1, -0.05) is 5.16 Å². The van der Waals surface area contributed by atoms with Gasteiger partial charge in [-0.05, 0) is 55.4 Å². The van der Waals surface area contributed by atoms with E-state index in [1.807, 2.05) is 0 Å². The number of β-lactam (4-membered cyclic amide) rings is 1. The predicted octanol–water partition coefficient (Wildman–Crippen LogP) is 1.37. The van der Waals surface area contributed by atoms with Crippen molar-refractivity contribution in [3.05, 3.63) is 23.2 Å². The van der Waals surface area contributed by atoms with Crippen molar-refractivity contribution >= 4 is 52.2 Å². The average Bonchev–Trinajstić information content (AvgIpc) is 3.53. The third-order valence-electron chi connectivity index (χ3n) is 5.51. The Morgan fingerprint density at radius 1 is 1.07 bits per heavy atom. The number of nitrogens with one attached hydrogen (secondary N) is 4. The Bertz CT molecular complexity index is 1470. The van der Waals surface area contributed by atoms with Gasteiger partial charge in [0.2, 0.25) is 11.5 Å². The molecule has 2 atom stereocenters. The monoisotopic (exact) mass is 651 g/mol. The molecule has 4 amide bonds. The van der Waals surface area contributed by atoms with Crippen LogP contribution < -0.4 is 21.3 Å². The van der Waals surface area contributed by atoms with E-state index >= 15 is 0 Å². The number of rotatable bonds is 11. The number of amides is 4. The van der Waals surface area contributed by atoms with Crippen molar-refractivity contribution in [2.75, 3.05) is 5.32 Å². The molecule has 45 heavy (non-hydrogen) atoms. The molecular formula is C26H37N9O9S. The van der Waals surface area contributed by atoms with Crippen molar-refractivity contribution in [2.45, 2.75) is 97.4 Å². The highest BCUT2D eigenvalue weighted by Gasteiger charge is 2.42. The summed E-state index contributed by atoms with van der Waals surface area (Å²) in [6.07, 6.45) is -0.00653. The number of nitrogens with zero attached hydrogens (tertiary/aromatic N) is 5. The molecule has 3 heterocycles. The number of carboxylic acids is 1. The number of alkyl carbamates (subject to hydrolysis) is 1. The van der Waals surface area contributed by atoms with Crippen molar-refractivity contribution in [1.29, 1.82) is 0 Å². The van der Waals surface area contributed by atoms with Gasteiger partial charge in [-0.2, -0.15) is 5.10 Å². The summed E-state index contributed by atoms with van der Waals surface area (Å²) in [4.78, 5) is 74.8. The zero-order valence-corrected chi connectivity index (χ0v) is 26.9. The quantitative estimate of drug-likeness (QED) is 0.132. The SMILES string of the molecule is CC(C)(C)OC(=O)NCc1ncn(C[C@H]2NC(=O)[C@H]2NC(=O)C(=NOC(C)(C)C(=O)O)c2csc(NC(=O)OC(C)(C)C)n2)n1. The van der Waals surface area contributed by atoms with Crippen molar-refractivity contribution in [3.8, 4) is 0 Å². The van der Waals surface area contributed by atoms with Gasteiger partial charge in [0.15, 0.2) is 16.7 Å². The first kappa shape index (κ1) is 34.7. The van der Waals surface area contributed by atoms with E-state index in [0.29, 0.717) is 5.82 Å². The van der Waals surface area contributed by atoms with Crippen molar-refractivity contribution in [1.82, 2.24) is 35.7 Å². The minimum absolute atomic E-state index is 0.00400. The molecule has 3 rings (SSSR count). The zero-order chi connectivity index (χ0) is 33.7. The number of anilines is 1. The standard InChI is InChI=1S/C26H37N9O9S/c1-24(2,3)42-22(40)27-9-15-28-12-35(33-15)10-13-16(18(36)29-13)31-19(37)17(34-44-26(7,8)20(38)39)14-11-45-21(30-14)32-23(41)43-25(4,5)6/h11-13,16H,9-10H2,1-8H3,(H,27,40)(H,29,36)(H,31,37)(H,38,39)(H,30,32,41)/t13-,16+/m1/s1. The lowest BCUT2D eigenvalue weighted by Gasteiger charge is -2.36. The van der Waals surface area contributed by atoms with Crippen LogP contribution in [0.5, 0.6) is 0 Å². The van der Waals surface area contributed by atoms with E-state index in [1.54, 1.807) is 41.5 Å². The predicted molar refractivity (Wildman–Crippen MR) is 158 cm³/mol. The molecule has 0 aliphatic carbocycles. The Balaban J connectivity index is 1.70. The fourth-order valence-corrected chi connectivity index (χ4v) is 4.05. The fraction of sp³-hybridized carbons (Fsp3) is 0.577. The van der Waals surface area contributed by atoms with E-state index in [2.05, 4.69) is 41.5 Å². The van der Waals surface area contributed by atoms with Crippen molar-refractivity contribution < 1.29 is 43.4 Å². The van der Waals surface area contributed by atoms with Crippen LogP contribution in [-0.4, -0.2) is 89.4 Å². The largest absolute Gasteiger partial charge is 0.478 e. The van der Waals surface area contributed by atoms with Crippen molar-refractivity contribution in [3.63, 3.8) is 0 Å². The number of aliphatic carboxylic acids is 1. The molecule has 0 unspecified atom stereocenters. The highest BCUT2D eigenvalue weighted by Crippen LogP contribution is 2.20. The summed E-state index contributed by atoms with van der Waals surface area (Å²) in [5, 5.41) is 29.1. The summed E-state index contributed by atoms with van der Waals surface area (Å²) >= 11 is 0.954. The van der Waals surface area contributed by atoms with Gasteiger partial charge in [0, 0.05) is 5.38 Å². The van der Waals surface area contributed by atoms with E-state index in [0.717, 1.165) is 11.3 Å². The molecule has 18 nitrogen and oxygen atoms in total. The Labute approximate surface area is 262 Å². The summed E-state index contributed by atoms with van der Waals surface area (Å²) in [5.74, 6) is -2.43. The van der Waals surface area contributed by atoms with E-state index < -0.39 is 64.6 Å². The molecule has 2 aromatic rings. The summed E-state index contributed by atoms with van der Waals surface area (Å²) < 4.78 is 11.8. The molecule has 0 spiro atoms. The van der Waals surface area contributed by atoms with E-state index in [1.165, 1.54) is 30.2 Å². The number of ether oxygens (including phenoxy) is 2. The van der Waals surface area contributed by atoms with Crippen LogP contribution in [0, 0.1) is 0 Å². The Hall–Kier alpha value is -4.81. The zero-order valence-electron chi connectivity index (χ0n) is 26.1. The first-order valence-corrected chi connectivity index (χ1v) is 14.5. The molecule has 0 aromatic carbocycles. The van der Waals surface area contributed by atoms with Crippen LogP contribution in [0.3, 0.4) is 0 Å². The minimum atomic E-state index is -1.81. The lowest BCUT2D eigenvalue weighted by molar-refractivity contribution is -0.161. The van der Waals surface area contributed by atoms with Gasteiger partial charge < -0.3 is 35.4 Å². The normalized spacial score (nSPS) is 17.0. The second-order valence-electron chi connectivity index (χ2n) is 12.3. The van der Waals surface area contributed by atoms with E-state index in [4.69, 9.17) is 14.3 Å². The number of hydrogen-bond donors (Lipinski definition) is 5. The van der Waals surface area contributed by atoms with Gasteiger partial charge in [-0.15, -0.1) is 11.3 Å². The van der Waals surface area contributed by atoms with Crippen LogP contribution in [0.15, 0.2) is 16.9 Å². The second kappa shape index (κ2) is 13.4. The third-order valence-corrected chi connectivity index (χ3v) is 6.26. The highest BCUT2D eigenvalue weighted by atomic mass is 32.1. The smallest absolute Gasteiger partial charge is 0.413 e. The number of oxime groups is 1. The number of hydrogen-bond acceptors (Lipinski definition) is 13. The number of aromatic nitrogens is 4. The topological polar surface area (TPSA) is 237 Å². The number of carboxylic acid groups (broad SMARTS) is 1. The van der Waals surface area contributed by atoms with Crippen LogP contribution in [0.4, 0.5) is 14.7 Å². The number of carbonyl (C=O) groups excluding carboxylic acids is 4. The molecule has 5 N–H and O–H groups in total. The molecule has 1 aliphatic rings. The lowest BCUT2D eigenvalue weighted by Crippen LogP contribution is -2.70. The average molecular weight is 652 g/mol. The number of carbonyl (C=O) groups is 5. The van der Waals surface area contributed by atoms with Crippen molar-refractivity contribution in [2.24, 2.45) is 5.16 Å². The molecule has 2 aromatic heterocycles. The van der Waals surface area contributed by atoms with Gasteiger partial charge in [-0.3, -0.25) is 19.6 Å². The molecule has 19 heteroatoms. The van der Waals surface area contributed by atoms with Crippen LogP contribution >= 0.6 is 11.3 Å². The number of thiazole rings is 1. The first-order chi connectivity index (χ1) is 20.7. The summed E-state index contributed by atoms with van der Waals surface area (Å²) in [6.45, 7) is 12.8. The molecule has 0 saturated carbocycles. The highest BCUT2D eigenvalue weighted by molar-refractivity contribution is 7.14. The fourth-order valence-electron chi connectivity index (χ4n) is 3.37. The minimum Gasteiger partial charge on any atom is -0.478 e. The first-order valence-electron chi connectivity index (χ1n) is 13.6. The maximum absolute atomic E-state index is 13.4. The Morgan fingerprint density at radius 3 is 2.31 bits per heavy atom. The molecule has 0 bridgehead atoms. The molecule has 1 saturated heterocycles. The Morgan fingerprint density at radius 2 is 1.71 bits per heavy atom. The summed E-state index contributed by atoms with van der Waals surface area (Å²) in [7, 11) is 0. The molecule has 246 valence electrons. The van der Waals surface area contributed by atoms with E-state index in [-0.39, 0.29) is 23.9 Å². The van der Waals surface area contributed by atoms with Crippen LogP contribution in [-0.2, 0) is 41.8 Å². The summed E-state index contributed by atoms with van der Waals surface area (Å²) in [6, 6.07) is -1.63. The van der Waals surface area contributed by atoms with E-state index in [9.17, 15) is 29.1 Å². The van der Waals surface area contributed by atoms with Gasteiger partial charge in [-0.25, -0.2) is 24.4 Å². The maximum atomic E-state index is 13.4. The molecule has 1 aliphatic heterocycles. The van der Waals surface area contributed by atoms with Crippen LogP contribution in [0.2, 0.25) is 0 Å². The third kappa shape index (κ3) is 10.4. The van der Waals surface area contributed by atoms with Gasteiger partial charge >= 0.3 is 18.2 Å². The molecular weight excluding hydrogens is 614 g/mol. The van der Waals surface area contributed by atoms with Gasteiger partial charge in [0.1, 0.15) is 29.3 Å².